The maximum atomic E-state index is 5.61. The minimum absolute atomic E-state index is 0. The minimum Gasteiger partial charge on any atom is -0.375 e. The van der Waals surface area contributed by atoms with Gasteiger partial charge in [0.1, 0.15) is 0 Å². The van der Waals surface area contributed by atoms with Crippen molar-refractivity contribution in [3.63, 3.8) is 0 Å². The van der Waals surface area contributed by atoms with Crippen molar-refractivity contribution in [2.75, 3.05) is 33.8 Å². The molecule has 29 heavy (non-hydrogen) atoms. The number of nitrogens with zero attached hydrogens (tertiary/aromatic N) is 2. The second kappa shape index (κ2) is 12.8. The van der Waals surface area contributed by atoms with Gasteiger partial charge in [0, 0.05) is 33.8 Å². The molecule has 2 aromatic rings. The van der Waals surface area contributed by atoms with E-state index < -0.39 is 0 Å². The molecule has 1 aliphatic heterocycles. The zero-order valence-corrected chi connectivity index (χ0v) is 19.8. The molecule has 2 N–H and O–H groups in total. The lowest BCUT2D eigenvalue weighted by atomic mass is 10.1. The number of halogens is 1. The van der Waals surface area contributed by atoms with Crippen molar-refractivity contribution in [2.45, 2.75) is 32.0 Å². The average Bonchev–Trinajstić information content (AvgIpc) is 3.25. The highest BCUT2D eigenvalue weighted by atomic mass is 127. The van der Waals surface area contributed by atoms with Crippen molar-refractivity contribution in [3.05, 3.63) is 71.3 Å². The van der Waals surface area contributed by atoms with E-state index in [1.54, 1.807) is 14.2 Å². The maximum absolute atomic E-state index is 5.61. The molecule has 0 spiro atoms. The van der Waals surface area contributed by atoms with Crippen molar-refractivity contribution < 1.29 is 4.74 Å². The number of aliphatic imine (C=N–C) groups is 1. The average molecular weight is 508 g/mol. The van der Waals surface area contributed by atoms with Crippen LogP contribution in [-0.4, -0.2) is 44.7 Å². The van der Waals surface area contributed by atoms with E-state index in [2.05, 4.69) is 56.9 Å². The van der Waals surface area contributed by atoms with Gasteiger partial charge < -0.3 is 15.4 Å². The van der Waals surface area contributed by atoms with Gasteiger partial charge in [-0.05, 0) is 42.6 Å². The summed E-state index contributed by atoms with van der Waals surface area (Å²) in [6.45, 7) is 4.93. The summed E-state index contributed by atoms with van der Waals surface area (Å²) >= 11 is 0. The topological polar surface area (TPSA) is 48.9 Å². The third-order valence-corrected chi connectivity index (χ3v) is 5.22. The van der Waals surface area contributed by atoms with Gasteiger partial charge in [0.25, 0.3) is 0 Å². The first kappa shape index (κ1) is 23.6. The molecule has 0 aliphatic carbocycles. The van der Waals surface area contributed by atoms with Gasteiger partial charge in [-0.1, -0.05) is 54.6 Å². The molecule has 3 rings (SSSR count). The predicted octanol–water partition coefficient (Wildman–Crippen LogP) is 3.95. The number of likely N-dealkylation sites (tertiary alicyclic amines) is 1. The Morgan fingerprint density at radius 2 is 1.66 bits per heavy atom. The lowest BCUT2D eigenvalue weighted by Crippen LogP contribution is -2.39. The van der Waals surface area contributed by atoms with Gasteiger partial charge in [0.2, 0.25) is 0 Å². The van der Waals surface area contributed by atoms with Gasteiger partial charge in [-0.25, -0.2) is 0 Å². The summed E-state index contributed by atoms with van der Waals surface area (Å²) in [6, 6.07) is 19.1. The smallest absolute Gasteiger partial charge is 0.191 e. The van der Waals surface area contributed by atoms with Crippen LogP contribution in [0.4, 0.5) is 0 Å². The van der Waals surface area contributed by atoms with E-state index in [1.165, 1.54) is 37.1 Å². The normalized spacial score (nSPS) is 15.6. The molecule has 2 aromatic carbocycles. The lowest BCUT2D eigenvalue weighted by Gasteiger charge is -2.19. The molecule has 0 radical (unpaired) electrons. The van der Waals surface area contributed by atoms with Crippen molar-refractivity contribution in [3.8, 4) is 0 Å². The van der Waals surface area contributed by atoms with Crippen LogP contribution in [0.5, 0.6) is 0 Å². The van der Waals surface area contributed by atoms with Crippen molar-refractivity contribution in [2.24, 2.45) is 4.99 Å². The molecule has 1 heterocycles. The Balaban J connectivity index is 0.00000300. The molecule has 5 nitrogen and oxygen atoms in total. The zero-order chi connectivity index (χ0) is 19.6. The summed E-state index contributed by atoms with van der Waals surface area (Å²) < 4.78 is 5.61. The predicted molar refractivity (Wildman–Crippen MR) is 131 cm³/mol. The van der Waals surface area contributed by atoms with E-state index in [0.29, 0.717) is 6.54 Å². The van der Waals surface area contributed by atoms with Crippen molar-refractivity contribution in [1.82, 2.24) is 15.5 Å². The van der Waals surface area contributed by atoms with Crippen LogP contribution in [0.25, 0.3) is 0 Å². The fourth-order valence-electron chi connectivity index (χ4n) is 3.56. The van der Waals surface area contributed by atoms with Crippen LogP contribution < -0.4 is 10.6 Å². The Morgan fingerprint density at radius 3 is 2.28 bits per heavy atom. The van der Waals surface area contributed by atoms with E-state index in [0.717, 1.165) is 24.6 Å². The molecule has 1 aliphatic rings. The number of hydrogen-bond acceptors (Lipinski definition) is 3. The third kappa shape index (κ3) is 7.60. The number of benzene rings is 2. The van der Waals surface area contributed by atoms with Crippen LogP contribution in [-0.2, 0) is 17.8 Å². The Bertz CT molecular complexity index is 730. The highest BCUT2D eigenvalue weighted by Crippen LogP contribution is 2.15. The van der Waals surface area contributed by atoms with E-state index in [4.69, 9.17) is 4.74 Å². The summed E-state index contributed by atoms with van der Waals surface area (Å²) in [5.41, 5.74) is 3.79. The Kier molecular flexibility index (Phi) is 10.5. The number of methoxy groups -OCH3 is 1. The molecule has 0 aromatic heterocycles. The van der Waals surface area contributed by atoms with Gasteiger partial charge in [0.05, 0.1) is 6.10 Å². The minimum atomic E-state index is -0.00961. The Hall–Kier alpha value is -1.64. The van der Waals surface area contributed by atoms with Crippen LogP contribution in [0.3, 0.4) is 0 Å². The van der Waals surface area contributed by atoms with Crippen LogP contribution >= 0.6 is 24.0 Å². The van der Waals surface area contributed by atoms with Crippen LogP contribution in [0.15, 0.2) is 59.6 Å². The van der Waals surface area contributed by atoms with Gasteiger partial charge in [-0.15, -0.1) is 24.0 Å². The molecular weight excluding hydrogens is 475 g/mol. The molecule has 1 unspecified atom stereocenters. The fraction of sp³-hybridized carbons (Fsp3) is 0.435. The second-order valence-corrected chi connectivity index (χ2v) is 7.24. The Morgan fingerprint density at radius 1 is 1.00 bits per heavy atom. The van der Waals surface area contributed by atoms with Crippen LogP contribution in [0, 0.1) is 0 Å². The van der Waals surface area contributed by atoms with E-state index in [-0.39, 0.29) is 30.1 Å². The summed E-state index contributed by atoms with van der Waals surface area (Å²) in [7, 11) is 3.53. The zero-order valence-electron chi connectivity index (χ0n) is 17.4. The summed E-state index contributed by atoms with van der Waals surface area (Å²) in [4.78, 5) is 6.85. The lowest BCUT2D eigenvalue weighted by molar-refractivity contribution is 0.106. The molecule has 158 valence electrons. The molecule has 1 atom stereocenters. The number of guanidine groups is 1. The maximum Gasteiger partial charge on any atom is 0.191 e. The molecule has 0 saturated carbocycles. The summed E-state index contributed by atoms with van der Waals surface area (Å²) in [6.07, 6.45) is 2.66. The summed E-state index contributed by atoms with van der Waals surface area (Å²) in [5.74, 6) is 0.777. The van der Waals surface area contributed by atoms with Crippen molar-refractivity contribution >= 4 is 29.9 Å². The monoisotopic (exact) mass is 508 g/mol. The number of nitrogens with one attached hydrogen (secondary N) is 2. The second-order valence-electron chi connectivity index (χ2n) is 7.24. The number of hydrogen-bond donors (Lipinski definition) is 2. The number of rotatable bonds is 8. The highest BCUT2D eigenvalue weighted by molar-refractivity contribution is 14.0. The van der Waals surface area contributed by atoms with Crippen molar-refractivity contribution in [1.29, 1.82) is 0 Å². The SMILES string of the molecule is CN=C(NCc1ccc(CN2CCCC2)cc1)NCC(OC)c1ccccc1.I. The molecule has 6 heteroatoms. The quantitative estimate of drug-likeness (QED) is 0.322. The van der Waals surface area contributed by atoms with E-state index in [9.17, 15) is 0 Å². The van der Waals surface area contributed by atoms with Gasteiger partial charge >= 0.3 is 0 Å². The molecule has 1 fully saturated rings. The molecule has 1 saturated heterocycles. The first-order valence-electron chi connectivity index (χ1n) is 10.1. The summed E-state index contributed by atoms with van der Waals surface area (Å²) in [5, 5.41) is 6.74. The fourth-order valence-corrected chi connectivity index (χ4v) is 3.56. The van der Waals surface area contributed by atoms with E-state index >= 15 is 0 Å². The molecular formula is C23H33IN4O. The first-order chi connectivity index (χ1) is 13.8. The van der Waals surface area contributed by atoms with Crippen LogP contribution in [0.1, 0.15) is 35.6 Å². The van der Waals surface area contributed by atoms with Gasteiger partial charge in [0.15, 0.2) is 5.96 Å². The number of ether oxygens (including phenoxy) is 1. The first-order valence-corrected chi connectivity index (χ1v) is 10.1. The highest BCUT2D eigenvalue weighted by Gasteiger charge is 2.12. The van der Waals surface area contributed by atoms with Gasteiger partial charge in [-0.2, -0.15) is 0 Å². The van der Waals surface area contributed by atoms with E-state index in [1.807, 2.05) is 18.2 Å². The standard InChI is InChI=1S/C23H32N4O.HI/c1-24-23(26-17-22(28-2)21-8-4-3-5-9-21)25-16-19-10-12-20(13-11-19)18-27-14-6-7-15-27;/h3-5,8-13,22H,6-7,14-18H2,1-2H3,(H2,24,25,26);1H. The largest absolute Gasteiger partial charge is 0.375 e. The molecule has 0 bridgehead atoms. The van der Waals surface area contributed by atoms with Crippen LogP contribution in [0.2, 0.25) is 0 Å². The Labute approximate surface area is 192 Å². The third-order valence-electron chi connectivity index (χ3n) is 5.22. The molecule has 0 amide bonds. The van der Waals surface area contributed by atoms with Gasteiger partial charge in [-0.3, -0.25) is 9.89 Å².